The minimum absolute atomic E-state index is 0.794. The second-order valence-corrected chi connectivity index (χ2v) is 4.47. The topological polar surface area (TPSA) is 37.4 Å². The number of hydrogen-bond acceptors (Lipinski definition) is 4. The van der Waals surface area contributed by atoms with Gasteiger partial charge in [-0.1, -0.05) is 6.92 Å². The third-order valence-corrected chi connectivity index (χ3v) is 2.80. The van der Waals surface area contributed by atoms with Crippen LogP contribution < -0.4 is 10.2 Å². The van der Waals surface area contributed by atoms with Gasteiger partial charge in [-0.05, 0) is 37.1 Å². The highest BCUT2D eigenvalue weighted by molar-refractivity contribution is 5.39. The Morgan fingerprint density at radius 1 is 1.44 bits per heavy atom. The molecule has 1 aromatic rings. The molecule has 0 saturated carbocycles. The van der Waals surface area contributed by atoms with Crippen LogP contribution in [0.3, 0.4) is 0 Å². The van der Waals surface area contributed by atoms with Gasteiger partial charge in [0, 0.05) is 40.1 Å². The minimum atomic E-state index is 0.794. The summed E-state index contributed by atoms with van der Waals surface area (Å²) in [5, 5.41) is 3.40. The van der Waals surface area contributed by atoms with E-state index in [4.69, 9.17) is 4.74 Å². The highest BCUT2D eigenvalue weighted by Crippen LogP contribution is 2.11. The molecule has 1 heterocycles. The molecule has 0 aliphatic heterocycles. The van der Waals surface area contributed by atoms with Gasteiger partial charge in [0.15, 0.2) is 0 Å². The first-order chi connectivity index (χ1) is 8.77. The summed E-state index contributed by atoms with van der Waals surface area (Å²) < 4.78 is 5.06. The van der Waals surface area contributed by atoms with Gasteiger partial charge in [-0.25, -0.2) is 4.98 Å². The number of nitrogens with zero attached hydrogens (tertiary/aromatic N) is 2. The van der Waals surface area contributed by atoms with Crippen molar-refractivity contribution in [1.29, 1.82) is 0 Å². The van der Waals surface area contributed by atoms with Gasteiger partial charge in [-0.2, -0.15) is 0 Å². The zero-order valence-electron chi connectivity index (χ0n) is 11.8. The van der Waals surface area contributed by atoms with Crippen molar-refractivity contribution in [1.82, 2.24) is 10.3 Å². The number of aromatic nitrogens is 1. The van der Waals surface area contributed by atoms with Crippen LogP contribution in [0.5, 0.6) is 0 Å². The fourth-order valence-electron chi connectivity index (χ4n) is 1.75. The van der Waals surface area contributed by atoms with Crippen LogP contribution in [0, 0.1) is 0 Å². The Bertz CT molecular complexity index is 331. The van der Waals surface area contributed by atoms with Crippen molar-refractivity contribution in [2.24, 2.45) is 0 Å². The molecule has 0 fully saturated rings. The van der Waals surface area contributed by atoms with E-state index >= 15 is 0 Å². The normalized spacial score (nSPS) is 10.6. The SMILES string of the molecule is CCCNCc1ccnc(N(C)CCCOC)c1. The third kappa shape index (κ3) is 5.47. The average Bonchev–Trinajstić information content (AvgIpc) is 2.39. The molecule has 0 aromatic carbocycles. The molecule has 102 valence electrons. The van der Waals surface area contributed by atoms with E-state index < -0.39 is 0 Å². The van der Waals surface area contributed by atoms with Crippen LogP contribution in [-0.4, -0.2) is 38.8 Å². The molecule has 0 radical (unpaired) electrons. The lowest BCUT2D eigenvalue weighted by Crippen LogP contribution is -2.21. The Hall–Kier alpha value is -1.13. The highest BCUT2D eigenvalue weighted by atomic mass is 16.5. The highest BCUT2D eigenvalue weighted by Gasteiger charge is 2.03. The molecule has 0 spiro atoms. The van der Waals surface area contributed by atoms with E-state index in [9.17, 15) is 0 Å². The molecule has 4 heteroatoms. The molecule has 4 nitrogen and oxygen atoms in total. The van der Waals surface area contributed by atoms with E-state index in [0.29, 0.717) is 0 Å². The summed E-state index contributed by atoms with van der Waals surface area (Å²) in [6, 6.07) is 4.21. The average molecular weight is 251 g/mol. The maximum atomic E-state index is 5.06. The molecule has 0 bridgehead atoms. The zero-order chi connectivity index (χ0) is 13.2. The van der Waals surface area contributed by atoms with Gasteiger partial charge in [0.2, 0.25) is 0 Å². The Balaban J connectivity index is 2.47. The maximum Gasteiger partial charge on any atom is 0.128 e. The van der Waals surface area contributed by atoms with Crippen molar-refractivity contribution in [3.8, 4) is 0 Å². The van der Waals surface area contributed by atoms with Gasteiger partial charge in [0.1, 0.15) is 5.82 Å². The van der Waals surface area contributed by atoms with Crippen molar-refractivity contribution < 1.29 is 4.74 Å². The second-order valence-electron chi connectivity index (χ2n) is 4.47. The Labute approximate surface area is 110 Å². The van der Waals surface area contributed by atoms with Gasteiger partial charge >= 0.3 is 0 Å². The molecule has 1 N–H and O–H groups in total. The van der Waals surface area contributed by atoms with Crippen LogP contribution >= 0.6 is 0 Å². The van der Waals surface area contributed by atoms with Crippen LogP contribution in [0.4, 0.5) is 5.82 Å². The first-order valence-corrected chi connectivity index (χ1v) is 6.63. The number of methoxy groups -OCH3 is 1. The summed E-state index contributed by atoms with van der Waals surface area (Å²) in [7, 11) is 3.81. The lowest BCUT2D eigenvalue weighted by atomic mass is 10.2. The van der Waals surface area contributed by atoms with Gasteiger partial charge in [-0.15, -0.1) is 0 Å². The fraction of sp³-hybridized carbons (Fsp3) is 0.643. The fourth-order valence-corrected chi connectivity index (χ4v) is 1.75. The lowest BCUT2D eigenvalue weighted by molar-refractivity contribution is 0.196. The lowest BCUT2D eigenvalue weighted by Gasteiger charge is -2.18. The maximum absolute atomic E-state index is 5.06. The molecule has 0 aliphatic carbocycles. The minimum Gasteiger partial charge on any atom is -0.385 e. The zero-order valence-corrected chi connectivity index (χ0v) is 11.8. The standard InChI is InChI=1S/C14H25N3O/c1-4-7-15-12-13-6-8-16-14(11-13)17(2)9-5-10-18-3/h6,8,11,15H,4-5,7,9-10,12H2,1-3H3. The van der Waals surface area contributed by atoms with Crippen molar-refractivity contribution in [3.63, 3.8) is 0 Å². The second kappa shape index (κ2) is 8.89. The van der Waals surface area contributed by atoms with E-state index in [2.05, 4.69) is 41.3 Å². The van der Waals surface area contributed by atoms with Crippen LogP contribution in [0.2, 0.25) is 0 Å². The van der Waals surface area contributed by atoms with E-state index in [1.54, 1.807) is 7.11 Å². The predicted molar refractivity (Wildman–Crippen MR) is 76.0 cm³/mol. The number of pyridine rings is 1. The van der Waals surface area contributed by atoms with Crippen molar-refractivity contribution >= 4 is 5.82 Å². The number of rotatable bonds is 9. The predicted octanol–water partition coefficient (Wildman–Crippen LogP) is 2.05. The molecule has 0 atom stereocenters. The van der Waals surface area contributed by atoms with Crippen molar-refractivity contribution in [2.45, 2.75) is 26.3 Å². The Morgan fingerprint density at radius 3 is 3.00 bits per heavy atom. The number of nitrogens with one attached hydrogen (secondary N) is 1. The third-order valence-electron chi connectivity index (χ3n) is 2.80. The smallest absolute Gasteiger partial charge is 0.128 e. The molecule has 0 saturated heterocycles. The summed E-state index contributed by atoms with van der Waals surface area (Å²) in [6.45, 7) is 5.90. The van der Waals surface area contributed by atoms with Crippen molar-refractivity contribution in [3.05, 3.63) is 23.9 Å². The van der Waals surface area contributed by atoms with E-state index in [-0.39, 0.29) is 0 Å². The molecule has 18 heavy (non-hydrogen) atoms. The number of hydrogen-bond donors (Lipinski definition) is 1. The van der Waals surface area contributed by atoms with E-state index in [1.807, 2.05) is 6.20 Å². The Morgan fingerprint density at radius 2 is 2.28 bits per heavy atom. The summed E-state index contributed by atoms with van der Waals surface area (Å²) in [4.78, 5) is 6.57. The number of anilines is 1. The largest absolute Gasteiger partial charge is 0.385 e. The quantitative estimate of drug-likeness (QED) is 0.682. The molecule has 0 unspecified atom stereocenters. The van der Waals surface area contributed by atoms with Gasteiger partial charge in [-0.3, -0.25) is 0 Å². The van der Waals surface area contributed by atoms with Crippen LogP contribution in [0.1, 0.15) is 25.3 Å². The Kier molecular flexibility index (Phi) is 7.37. The van der Waals surface area contributed by atoms with E-state index in [1.165, 1.54) is 5.56 Å². The summed E-state index contributed by atoms with van der Waals surface area (Å²) in [5.41, 5.74) is 1.28. The van der Waals surface area contributed by atoms with Crippen LogP contribution in [0.15, 0.2) is 18.3 Å². The molecule has 1 aromatic heterocycles. The van der Waals surface area contributed by atoms with Crippen molar-refractivity contribution in [2.75, 3.05) is 38.8 Å². The van der Waals surface area contributed by atoms with Crippen LogP contribution in [0.25, 0.3) is 0 Å². The first-order valence-electron chi connectivity index (χ1n) is 6.63. The van der Waals surface area contributed by atoms with Crippen LogP contribution in [-0.2, 0) is 11.3 Å². The molecule has 1 rings (SSSR count). The van der Waals surface area contributed by atoms with Gasteiger partial charge in [0.25, 0.3) is 0 Å². The summed E-state index contributed by atoms with van der Waals surface area (Å²) in [5.74, 6) is 1.03. The van der Waals surface area contributed by atoms with E-state index in [0.717, 1.165) is 44.9 Å². The molecule has 0 aliphatic rings. The first kappa shape index (κ1) is 14.9. The van der Waals surface area contributed by atoms with Gasteiger partial charge < -0.3 is 15.0 Å². The summed E-state index contributed by atoms with van der Waals surface area (Å²) >= 11 is 0. The van der Waals surface area contributed by atoms with Gasteiger partial charge in [0.05, 0.1) is 0 Å². The molecular formula is C14H25N3O. The number of ether oxygens (including phenoxy) is 1. The molecule has 0 amide bonds. The summed E-state index contributed by atoms with van der Waals surface area (Å²) in [6.07, 6.45) is 4.06. The monoisotopic (exact) mass is 251 g/mol. The molecular weight excluding hydrogens is 226 g/mol.